The lowest BCUT2D eigenvalue weighted by atomic mass is 10.2. The fourth-order valence-electron chi connectivity index (χ4n) is 3.23. The molecule has 24 heavy (non-hydrogen) atoms. The molecule has 1 aliphatic rings. The highest BCUT2D eigenvalue weighted by Gasteiger charge is 2.32. The fraction of sp³-hybridized carbons (Fsp3) is 0.412. The van der Waals surface area contributed by atoms with Gasteiger partial charge in [-0.15, -0.1) is 0 Å². The summed E-state index contributed by atoms with van der Waals surface area (Å²) >= 11 is 0. The van der Waals surface area contributed by atoms with Crippen molar-refractivity contribution in [1.29, 1.82) is 0 Å². The standard InChI is InChI=1S/C17H20N6O/c1-12(2)23-8-3-4-14(23)17-20-16(21-24-17)13-5-6-15(19-10-13)22-9-7-18-11-22/h5-7,9-12,14H,3-4,8H2,1-2H3. The van der Waals surface area contributed by atoms with Crippen molar-refractivity contribution >= 4 is 0 Å². The summed E-state index contributed by atoms with van der Waals surface area (Å²) in [5.74, 6) is 2.10. The van der Waals surface area contributed by atoms with Crippen LogP contribution in [0.1, 0.15) is 38.6 Å². The number of nitrogens with zero attached hydrogens (tertiary/aromatic N) is 6. The van der Waals surface area contributed by atoms with Gasteiger partial charge in [-0.05, 0) is 45.4 Å². The first kappa shape index (κ1) is 15.0. The van der Waals surface area contributed by atoms with E-state index in [4.69, 9.17) is 4.52 Å². The Morgan fingerprint density at radius 2 is 2.21 bits per heavy atom. The maximum Gasteiger partial charge on any atom is 0.244 e. The molecule has 7 heteroatoms. The van der Waals surface area contributed by atoms with Crippen LogP contribution >= 0.6 is 0 Å². The zero-order valence-corrected chi connectivity index (χ0v) is 13.8. The first-order valence-electron chi connectivity index (χ1n) is 8.26. The molecule has 0 amide bonds. The largest absolute Gasteiger partial charge is 0.337 e. The Labute approximate surface area is 140 Å². The van der Waals surface area contributed by atoms with Crippen LogP contribution in [0.3, 0.4) is 0 Å². The van der Waals surface area contributed by atoms with Crippen LogP contribution in [-0.4, -0.2) is 42.2 Å². The van der Waals surface area contributed by atoms with Gasteiger partial charge in [-0.1, -0.05) is 5.16 Å². The van der Waals surface area contributed by atoms with E-state index in [0.717, 1.165) is 24.3 Å². The highest BCUT2D eigenvalue weighted by atomic mass is 16.5. The molecule has 0 aliphatic carbocycles. The second-order valence-corrected chi connectivity index (χ2v) is 6.32. The molecule has 124 valence electrons. The van der Waals surface area contributed by atoms with Gasteiger partial charge in [-0.25, -0.2) is 9.97 Å². The van der Waals surface area contributed by atoms with E-state index in [1.54, 1.807) is 18.7 Å². The lowest BCUT2D eigenvalue weighted by molar-refractivity contribution is 0.170. The van der Waals surface area contributed by atoms with Crippen molar-refractivity contribution in [3.8, 4) is 17.2 Å². The molecular weight excluding hydrogens is 304 g/mol. The Bertz CT molecular complexity index is 793. The minimum Gasteiger partial charge on any atom is -0.337 e. The SMILES string of the molecule is CC(C)N1CCCC1c1nc(-c2ccc(-n3ccnc3)nc2)no1. The maximum atomic E-state index is 5.54. The van der Waals surface area contributed by atoms with E-state index in [2.05, 4.69) is 38.9 Å². The quantitative estimate of drug-likeness (QED) is 0.735. The van der Waals surface area contributed by atoms with E-state index in [-0.39, 0.29) is 6.04 Å². The third kappa shape index (κ3) is 2.71. The second kappa shape index (κ2) is 6.16. The van der Waals surface area contributed by atoms with Crippen LogP contribution in [0.15, 0.2) is 41.6 Å². The van der Waals surface area contributed by atoms with Gasteiger partial charge in [-0.2, -0.15) is 4.98 Å². The van der Waals surface area contributed by atoms with E-state index in [1.165, 1.54) is 6.42 Å². The summed E-state index contributed by atoms with van der Waals surface area (Å²) < 4.78 is 7.39. The molecule has 1 fully saturated rings. The van der Waals surface area contributed by atoms with Crippen molar-refractivity contribution in [3.63, 3.8) is 0 Å². The maximum absolute atomic E-state index is 5.54. The minimum atomic E-state index is 0.226. The van der Waals surface area contributed by atoms with Crippen LogP contribution < -0.4 is 0 Å². The molecule has 0 N–H and O–H groups in total. The lowest BCUT2D eigenvalue weighted by Crippen LogP contribution is -2.30. The zero-order chi connectivity index (χ0) is 16.5. The summed E-state index contributed by atoms with van der Waals surface area (Å²) in [7, 11) is 0. The number of hydrogen-bond acceptors (Lipinski definition) is 6. The van der Waals surface area contributed by atoms with Gasteiger partial charge in [0.15, 0.2) is 0 Å². The molecule has 1 saturated heterocycles. The molecule has 4 heterocycles. The number of likely N-dealkylation sites (tertiary alicyclic amines) is 1. The van der Waals surface area contributed by atoms with Crippen molar-refractivity contribution in [3.05, 3.63) is 42.9 Å². The third-order valence-corrected chi connectivity index (χ3v) is 4.46. The molecule has 0 saturated carbocycles. The van der Waals surface area contributed by atoms with Gasteiger partial charge in [-0.3, -0.25) is 9.47 Å². The van der Waals surface area contributed by atoms with Gasteiger partial charge in [0.05, 0.1) is 6.04 Å². The van der Waals surface area contributed by atoms with Crippen molar-refractivity contribution in [1.82, 2.24) is 29.6 Å². The second-order valence-electron chi connectivity index (χ2n) is 6.32. The topological polar surface area (TPSA) is 72.9 Å². The number of rotatable bonds is 4. The normalized spacial score (nSPS) is 18.5. The van der Waals surface area contributed by atoms with Gasteiger partial charge in [0.2, 0.25) is 11.7 Å². The summed E-state index contributed by atoms with van der Waals surface area (Å²) in [6.07, 6.45) is 9.30. The van der Waals surface area contributed by atoms with Gasteiger partial charge in [0.1, 0.15) is 12.1 Å². The smallest absolute Gasteiger partial charge is 0.244 e. The number of hydrogen-bond donors (Lipinski definition) is 0. The Morgan fingerprint density at radius 3 is 2.92 bits per heavy atom. The first-order valence-corrected chi connectivity index (χ1v) is 8.26. The van der Waals surface area contributed by atoms with Crippen LogP contribution in [0.25, 0.3) is 17.2 Å². The molecule has 4 rings (SSSR count). The predicted octanol–water partition coefficient (Wildman–Crippen LogP) is 2.86. The van der Waals surface area contributed by atoms with Crippen LogP contribution in [0.4, 0.5) is 0 Å². The van der Waals surface area contributed by atoms with Crippen molar-refractivity contribution < 1.29 is 4.52 Å². The Kier molecular flexibility index (Phi) is 3.86. The molecule has 7 nitrogen and oxygen atoms in total. The summed E-state index contributed by atoms with van der Waals surface area (Å²) in [6.45, 7) is 5.49. The molecule has 1 atom stereocenters. The molecule has 0 bridgehead atoms. The molecule has 1 aliphatic heterocycles. The molecular formula is C17H20N6O. The minimum absolute atomic E-state index is 0.226. The van der Waals surface area contributed by atoms with E-state index >= 15 is 0 Å². The average Bonchev–Trinajstić information content (AvgIpc) is 3.34. The van der Waals surface area contributed by atoms with Crippen LogP contribution in [-0.2, 0) is 0 Å². The lowest BCUT2D eigenvalue weighted by Gasteiger charge is -2.25. The Morgan fingerprint density at radius 1 is 1.29 bits per heavy atom. The van der Waals surface area contributed by atoms with Crippen LogP contribution in [0, 0.1) is 0 Å². The summed E-state index contributed by atoms with van der Waals surface area (Å²) in [6, 6.07) is 4.57. The number of pyridine rings is 1. The van der Waals surface area contributed by atoms with Gasteiger partial charge >= 0.3 is 0 Å². The molecule has 0 aromatic carbocycles. The van der Waals surface area contributed by atoms with Gasteiger partial charge < -0.3 is 4.52 Å². The fourth-order valence-corrected chi connectivity index (χ4v) is 3.23. The third-order valence-electron chi connectivity index (χ3n) is 4.46. The molecule has 1 unspecified atom stereocenters. The average molecular weight is 324 g/mol. The monoisotopic (exact) mass is 324 g/mol. The highest BCUT2D eigenvalue weighted by molar-refractivity contribution is 5.53. The van der Waals surface area contributed by atoms with E-state index in [1.807, 2.05) is 22.9 Å². The molecule has 3 aromatic rings. The van der Waals surface area contributed by atoms with E-state index < -0.39 is 0 Å². The van der Waals surface area contributed by atoms with Crippen molar-refractivity contribution in [2.75, 3.05) is 6.54 Å². The van der Waals surface area contributed by atoms with E-state index in [0.29, 0.717) is 17.8 Å². The summed E-state index contributed by atoms with van der Waals surface area (Å²) in [5.41, 5.74) is 0.850. The van der Waals surface area contributed by atoms with Crippen molar-refractivity contribution in [2.45, 2.75) is 38.8 Å². The number of imidazole rings is 1. The van der Waals surface area contributed by atoms with E-state index in [9.17, 15) is 0 Å². The van der Waals surface area contributed by atoms with Crippen LogP contribution in [0.5, 0.6) is 0 Å². The highest BCUT2D eigenvalue weighted by Crippen LogP contribution is 2.33. The van der Waals surface area contributed by atoms with Gasteiger partial charge in [0, 0.05) is 30.2 Å². The molecule has 0 radical (unpaired) electrons. The predicted molar refractivity (Wildman–Crippen MR) is 88.5 cm³/mol. The Balaban J connectivity index is 1.56. The molecule has 0 spiro atoms. The zero-order valence-electron chi connectivity index (χ0n) is 13.8. The molecule has 3 aromatic heterocycles. The first-order chi connectivity index (χ1) is 11.7. The summed E-state index contributed by atoms with van der Waals surface area (Å²) in [5, 5.41) is 4.15. The Hall–Kier alpha value is -2.54. The van der Waals surface area contributed by atoms with Gasteiger partial charge in [0.25, 0.3) is 0 Å². The number of aromatic nitrogens is 5. The van der Waals surface area contributed by atoms with Crippen LogP contribution in [0.2, 0.25) is 0 Å². The van der Waals surface area contributed by atoms with Crippen molar-refractivity contribution in [2.24, 2.45) is 0 Å². The summed E-state index contributed by atoms with van der Waals surface area (Å²) in [4.78, 5) is 15.5.